The molecule has 0 spiro atoms. The predicted octanol–water partition coefficient (Wildman–Crippen LogP) is 2.79. The van der Waals surface area contributed by atoms with Gasteiger partial charge in [0.05, 0.1) is 11.0 Å². The van der Waals surface area contributed by atoms with Crippen LogP contribution in [0.4, 0.5) is 11.4 Å². The number of hydrogen-bond donors (Lipinski definition) is 2. The first-order valence-electron chi connectivity index (χ1n) is 7.46. The first-order chi connectivity index (χ1) is 10.1. The van der Waals surface area contributed by atoms with Gasteiger partial charge in [-0.3, -0.25) is 10.1 Å². The average molecular weight is 293 g/mol. The van der Waals surface area contributed by atoms with Gasteiger partial charge in [0, 0.05) is 24.4 Å². The molecule has 1 saturated heterocycles. The molecule has 1 aliphatic heterocycles. The summed E-state index contributed by atoms with van der Waals surface area (Å²) < 4.78 is 5.54. The molecule has 1 unspecified atom stereocenters. The summed E-state index contributed by atoms with van der Waals surface area (Å²) in [5, 5.41) is 17.7. The fraction of sp³-hybridized carbons (Fsp3) is 0.600. The van der Waals surface area contributed by atoms with Crippen molar-refractivity contribution in [1.29, 1.82) is 0 Å². The number of nitrogens with zero attached hydrogens (tertiary/aromatic N) is 1. The zero-order valence-electron chi connectivity index (χ0n) is 12.6. The van der Waals surface area contributed by atoms with Crippen molar-refractivity contribution in [3.8, 4) is 5.75 Å². The highest BCUT2D eigenvalue weighted by molar-refractivity contribution is 5.58. The molecule has 1 atom stereocenters. The van der Waals surface area contributed by atoms with Crippen LogP contribution in [0.1, 0.15) is 26.7 Å². The molecule has 0 radical (unpaired) electrons. The number of benzene rings is 1. The number of ether oxygens (including phenoxy) is 1. The second-order valence-electron chi connectivity index (χ2n) is 5.68. The average Bonchev–Trinajstić information content (AvgIpc) is 2.91. The third kappa shape index (κ3) is 4.60. The molecule has 0 bridgehead atoms. The molecule has 1 aromatic carbocycles. The van der Waals surface area contributed by atoms with Gasteiger partial charge in [-0.15, -0.1) is 0 Å². The fourth-order valence-corrected chi connectivity index (χ4v) is 2.50. The van der Waals surface area contributed by atoms with Crippen LogP contribution in [-0.4, -0.2) is 30.7 Å². The summed E-state index contributed by atoms with van der Waals surface area (Å²) in [5.74, 6) is 1.05. The number of nitrogens with one attached hydrogen (secondary N) is 2. The van der Waals surface area contributed by atoms with E-state index in [1.54, 1.807) is 12.1 Å². The normalized spacial score (nSPS) is 18.0. The Balaban J connectivity index is 1.97. The molecule has 21 heavy (non-hydrogen) atoms. The van der Waals surface area contributed by atoms with Crippen molar-refractivity contribution in [2.24, 2.45) is 5.92 Å². The lowest BCUT2D eigenvalue weighted by atomic mass is 10.1. The van der Waals surface area contributed by atoms with Crippen LogP contribution in [0.3, 0.4) is 0 Å². The zero-order chi connectivity index (χ0) is 15.2. The number of rotatable bonds is 7. The van der Waals surface area contributed by atoms with Gasteiger partial charge in [0.25, 0.3) is 0 Å². The molecule has 6 nitrogen and oxygen atoms in total. The van der Waals surface area contributed by atoms with Crippen molar-refractivity contribution < 1.29 is 9.66 Å². The second kappa shape index (κ2) is 7.26. The van der Waals surface area contributed by atoms with Crippen molar-refractivity contribution in [3.63, 3.8) is 0 Å². The molecular weight excluding hydrogens is 270 g/mol. The molecule has 2 N–H and O–H groups in total. The van der Waals surface area contributed by atoms with Gasteiger partial charge in [-0.1, -0.05) is 0 Å². The number of anilines is 1. The number of nitro groups is 1. The van der Waals surface area contributed by atoms with Crippen molar-refractivity contribution in [2.45, 2.75) is 32.8 Å². The Hall–Kier alpha value is -1.82. The van der Waals surface area contributed by atoms with E-state index >= 15 is 0 Å². The molecule has 0 aliphatic carbocycles. The maximum absolute atomic E-state index is 11.0. The maximum Gasteiger partial charge on any atom is 0.311 e. The van der Waals surface area contributed by atoms with Gasteiger partial charge in [0.2, 0.25) is 0 Å². The van der Waals surface area contributed by atoms with Gasteiger partial charge in [0.15, 0.2) is 5.75 Å². The third-order valence-electron chi connectivity index (χ3n) is 3.56. The lowest BCUT2D eigenvalue weighted by Gasteiger charge is -2.13. The van der Waals surface area contributed by atoms with Gasteiger partial charge >= 0.3 is 5.69 Å². The molecule has 0 aromatic heterocycles. The molecule has 2 rings (SSSR count). The van der Waals surface area contributed by atoms with Crippen LogP contribution in [0.15, 0.2) is 18.2 Å². The van der Waals surface area contributed by atoms with Gasteiger partial charge in [-0.25, -0.2) is 0 Å². The largest absolute Gasteiger partial charge is 0.484 e. The molecule has 6 heteroatoms. The van der Waals surface area contributed by atoms with E-state index in [1.165, 1.54) is 12.5 Å². The van der Waals surface area contributed by atoms with Gasteiger partial charge < -0.3 is 15.4 Å². The van der Waals surface area contributed by atoms with Crippen molar-refractivity contribution >= 4 is 11.4 Å². The lowest BCUT2D eigenvalue weighted by Crippen LogP contribution is -2.13. The smallest absolute Gasteiger partial charge is 0.311 e. The minimum Gasteiger partial charge on any atom is -0.484 e. The summed E-state index contributed by atoms with van der Waals surface area (Å²) in [6.07, 6.45) is 2.23. The van der Waals surface area contributed by atoms with E-state index in [2.05, 4.69) is 10.6 Å². The van der Waals surface area contributed by atoms with Crippen LogP contribution in [0.2, 0.25) is 0 Å². The zero-order valence-corrected chi connectivity index (χ0v) is 12.6. The first kappa shape index (κ1) is 15.6. The summed E-state index contributed by atoms with van der Waals surface area (Å²) in [4.78, 5) is 10.6. The molecule has 1 aromatic rings. The fourth-order valence-electron chi connectivity index (χ4n) is 2.50. The van der Waals surface area contributed by atoms with Crippen LogP contribution in [0.25, 0.3) is 0 Å². The number of nitro benzene ring substituents is 1. The lowest BCUT2D eigenvalue weighted by molar-refractivity contribution is -0.386. The molecule has 0 amide bonds. The van der Waals surface area contributed by atoms with E-state index in [-0.39, 0.29) is 11.8 Å². The van der Waals surface area contributed by atoms with Gasteiger partial charge in [-0.2, -0.15) is 0 Å². The van der Waals surface area contributed by atoms with Crippen LogP contribution >= 0.6 is 0 Å². The molecule has 0 saturated carbocycles. The highest BCUT2D eigenvalue weighted by atomic mass is 16.6. The van der Waals surface area contributed by atoms with Gasteiger partial charge in [0.1, 0.15) is 0 Å². The standard InChI is InChI=1S/C15H23N3O3/c1-11(2)21-15-9-13(3-4-14(15)18(19)20)17-8-6-12-5-7-16-10-12/h3-4,9,11-12,16-17H,5-8,10H2,1-2H3. The van der Waals surface area contributed by atoms with Crippen LogP contribution < -0.4 is 15.4 Å². The van der Waals surface area contributed by atoms with E-state index < -0.39 is 4.92 Å². The Kier molecular flexibility index (Phi) is 5.38. The van der Waals surface area contributed by atoms with E-state index in [0.717, 1.165) is 37.7 Å². The highest BCUT2D eigenvalue weighted by Crippen LogP contribution is 2.31. The Morgan fingerprint density at radius 2 is 2.33 bits per heavy atom. The summed E-state index contributed by atoms with van der Waals surface area (Å²) >= 11 is 0. The van der Waals surface area contributed by atoms with Crippen LogP contribution in [-0.2, 0) is 0 Å². The van der Waals surface area contributed by atoms with E-state index in [9.17, 15) is 10.1 Å². The van der Waals surface area contributed by atoms with E-state index in [0.29, 0.717) is 5.75 Å². The maximum atomic E-state index is 11.0. The molecular formula is C15H23N3O3. The van der Waals surface area contributed by atoms with Crippen molar-refractivity contribution in [3.05, 3.63) is 28.3 Å². The predicted molar refractivity (Wildman–Crippen MR) is 82.9 cm³/mol. The highest BCUT2D eigenvalue weighted by Gasteiger charge is 2.17. The SMILES string of the molecule is CC(C)Oc1cc(NCCC2CCNC2)ccc1[N+](=O)[O-]. The third-order valence-corrected chi connectivity index (χ3v) is 3.56. The van der Waals surface area contributed by atoms with Gasteiger partial charge in [-0.05, 0) is 51.8 Å². The Morgan fingerprint density at radius 3 is 2.95 bits per heavy atom. The second-order valence-corrected chi connectivity index (χ2v) is 5.68. The minimum atomic E-state index is -0.411. The van der Waals surface area contributed by atoms with E-state index in [1.807, 2.05) is 13.8 Å². The first-order valence-corrected chi connectivity index (χ1v) is 7.46. The molecule has 1 heterocycles. The van der Waals surface area contributed by atoms with E-state index in [4.69, 9.17) is 4.74 Å². The topological polar surface area (TPSA) is 76.4 Å². The Labute approximate surface area is 125 Å². The monoisotopic (exact) mass is 293 g/mol. The van der Waals surface area contributed by atoms with Crippen molar-refractivity contribution in [2.75, 3.05) is 25.0 Å². The van der Waals surface area contributed by atoms with Crippen LogP contribution in [0.5, 0.6) is 5.75 Å². The minimum absolute atomic E-state index is 0.00856. The van der Waals surface area contributed by atoms with Crippen LogP contribution in [0, 0.1) is 16.0 Å². The summed E-state index contributed by atoms with van der Waals surface area (Å²) in [6, 6.07) is 4.94. The molecule has 1 fully saturated rings. The molecule has 1 aliphatic rings. The summed E-state index contributed by atoms with van der Waals surface area (Å²) in [6.45, 7) is 6.78. The molecule has 116 valence electrons. The quantitative estimate of drug-likeness (QED) is 0.597. The number of hydrogen-bond acceptors (Lipinski definition) is 5. The van der Waals surface area contributed by atoms with Crippen molar-refractivity contribution in [1.82, 2.24) is 5.32 Å². The summed E-state index contributed by atoms with van der Waals surface area (Å²) in [7, 11) is 0. The Bertz CT molecular complexity index is 485. The summed E-state index contributed by atoms with van der Waals surface area (Å²) in [5.41, 5.74) is 0.872. The Morgan fingerprint density at radius 1 is 1.52 bits per heavy atom.